The monoisotopic (exact) mass is 289 g/mol. The van der Waals surface area contributed by atoms with Crippen molar-refractivity contribution in [2.24, 2.45) is 5.92 Å². The lowest BCUT2D eigenvalue weighted by atomic mass is 9.79. The maximum atomic E-state index is 12.1. The van der Waals surface area contributed by atoms with E-state index in [9.17, 15) is 9.90 Å². The molecular formula is C18H27NO2. The van der Waals surface area contributed by atoms with Gasteiger partial charge in [0.2, 0.25) is 5.91 Å². The summed E-state index contributed by atoms with van der Waals surface area (Å²) in [4.78, 5) is 12.1. The molecule has 3 heteroatoms. The Morgan fingerprint density at radius 2 is 2.14 bits per heavy atom. The van der Waals surface area contributed by atoms with Gasteiger partial charge >= 0.3 is 0 Å². The molecule has 2 unspecified atom stereocenters. The molecule has 0 saturated heterocycles. The van der Waals surface area contributed by atoms with Crippen LogP contribution in [0.25, 0.3) is 0 Å². The van der Waals surface area contributed by atoms with Crippen molar-refractivity contribution in [3.63, 3.8) is 0 Å². The van der Waals surface area contributed by atoms with Crippen molar-refractivity contribution in [1.82, 2.24) is 5.32 Å². The molecule has 0 radical (unpaired) electrons. The van der Waals surface area contributed by atoms with E-state index in [0.717, 1.165) is 24.8 Å². The Labute approximate surface area is 127 Å². The number of carbonyl (C=O) groups excluding carboxylic acids is 1. The highest BCUT2D eigenvalue weighted by Crippen LogP contribution is 2.31. The third-order valence-electron chi connectivity index (χ3n) is 4.62. The number of benzene rings is 1. The predicted molar refractivity (Wildman–Crippen MR) is 85.2 cm³/mol. The summed E-state index contributed by atoms with van der Waals surface area (Å²) in [5.41, 5.74) is 2.76. The molecule has 0 aromatic heterocycles. The number of aryl methyl sites for hydroxylation is 2. The van der Waals surface area contributed by atoms with Crippen LogP contribution in [0, 0.1) is 19.8 Å². The first kappa shape index (κ1) is 16.0. The minimum absolute atomic E-state index is 0.00935. The molecule has 1 aromatic rings. The molecule has 1 aliphatic carbocycles. The van der Waals surface area contributed by atoms with Crippen molar-refractivity contribution in [1.29, 1.82) is 0 Å². The van der Waals surface area contributed by atoms with Crippen molar-refractivity contribution in [3.05, 3.63) is 34.9 Å². The van der Waals surface area contributed by atoms with Crippen LogP contribution in [0.2, 0.25) is 0 Å². The Morgan fingerprint density at radius 3 is 2.81 bits per heavy atom. The number of hydrogen-bond donors (Lipinski definition) is 2. The van der Waals surface area contributed by atoms with Crippen LogP contribution in [0.3, 0.4) is 0 Å². The second-order valence-corrected chi connectivity index (χ2v) is 6.80. The zero-order valence-corrected chi connectivity index (χ0v) is 13.4. The molecule has 1 aromatic carbocycles. The molecule has 0 spiro atoms. The Morgan fingerprint density at radius 1 is 1.38 bits per heavy atom. The van der Waals surface area contributed by atoms with Gasteiger partial charge in [0.25, 0.3) is 0 Å². The molecule has 3 nitrogen and oxygen atoms in total. The van der Waals surface area contributed by atoms with Gasteiger partial charge < -0.3 is 10.4 Å². The average Bonchev–Trinajstić information content (AvgIpc) is 2.41. The molecule has 0 bridgehead atoms. The smallest absolute Gasteiger partial charge is 0.224 e. The Bertz CT molecular complexity index is 512. The fraction of sp³-hybridized carbons (Fsp3) is 0.611. The molecule has 1 amide bonds. The second-order valence-electron chi connectivity index (χ2n) is 6.80. The van der Waals surface area contributed by atoms with Gasteiger partial charge in [0.05, 0.1) is 12.0 Å². The minimum Gasteiger partial charge on any atom is -0.388 e. The van der Waals surface area contributed by atoms with Gasteiger partial charge in [-0.25, -0.2) is 0 Å². The van der Waals surface area contributed by atoms with Gasteiger partial charge in [-0.3, -0.25) is 4.79 Å². The lowest BCUT2D eigenvalue weighted by molar-refractivity contribution is -0.122. The van der Waals surface area contributed by atoms with Crippen LogP contribution in [0.1, 0.15) is 49.3 Å². The molecule has 0 aliphatic heterocycles. The van der Waals surface area contributed by atoms with E-state index in [1.165, 1.54) is 17.5 Å². The number of rotatable bonds is 4. The predicted octanol–water partition coefficient (Wildman–Crippen LogP) is 2.90. The summed E-state index contributed by atoms with van der Waals surface area (Å²) < 4.78 is 0. The molecule has 21 heavy (non-hydrogen) atoms. The summed E-state index contributed by atoms with van der Waals surface area (Å²) in [7, 11) is 0. The van der Waals surface area contributed by atoms with Crippen molar-refractivity contribution in [3.8, 4) is 0 Å². The maximum Gasteiger partial charge on any atom is 0.224 e. The summed E-state index contributed by atoms with van der Waals surface area (Å²) in [6.45, 7) is 6.67. The van der Waals surface area contributed by atoms with Gasteiger partial charge in [-0.2, -0.15) is 0 Å². The number of nitrogens with one attached hydrogen (secondary N) is 1. The lowest BCUT2D eigenvalue weighted by Gasteiger charge is -2.35. The van der Waals surface area contributed by atoms with Crippen LogP contribution >= 0.6 is 0 Å². The fourth-order valence-corrected chi connectivity index (χ4v) is 3.22. The largest absolute Gasteiger partial charge is 0.388 e. The van der Waals surface area contributed by atoms with E-state index < -0.39 is 5.60 Å². The summed E-state index contributed by atoms with van der Waals surface area (Å²) in [6.07, 6.45) is 4.19. The molecule has 0 heterocycles. The zero-order chi connectivity index (χ0) is 15.5. The van der Waals surface area contributed by atoms with Crippen LogP contribution in [0.15, 0.2) is 18.2 Å². The summed E-state index contributed by atoms with van der Waals surface area (Å²) in [6, 6.07) is 6.11. The molecule has 1 fully saturated rings. The van der Waals surface area contributed by atoms with Crippen LogP contribution in [0.4, 0.5) is 0 Å². The van der Waals surface area contributed by atoms with Gasteiger partial charge in [-0.1, -0.05) is 38.0 Å². The standard InChI is InChI=1S/C18H27NO2/c1-13-5-4-8-18(21,11-13)12-19-17(20)10-16-7-6-14(2)15(3)9-16/h6-7,9,13,21H,4-5,8,10-12H2,1-3H3,(H,19,20). The molecule has 1 aliphatic rings. The summed E-state index contributed by atoms with van der Waals surface area (Å²) in [5.74, 6) is 0.533. The number of hydrogen-bond acceptors (Lipinski definition) is 2. The highest BCUT2D eigenvalue weighted by molar-refractivity contribution is 5.78. The second kappa shape index (κ2) is 6.61. The van der Waals surface area contributed by atoms with Crippen LogP contribution in [0.5, 0.6) is 0 Å². The van der Waals surface area contributed by atoms with E-state index in [4.69, 9.17) is 0 Å². The summed E-state index contributed by atoms with van der Waals surface area (Å²) >= 11 is 0. The van der Waals surface area contributed by atoms with Gasteiger partial charge in [0, 0.05) is 6.54 Å². The fourth-order valence-electron chi connectivity index (χ4n) is 3.22. The Balaban J connectivity index is 1.85. The molecular weight excluding hydrogens is 262 g/mol. The number of aliphatic hydroxyl groups is 1. The van der Waals surface area contributed by atoms with Crippen LogP contribution < -0.4 is 5.32 Å². The van der Waals surface area contributed by atoms with Gasteiger partial charge in [-0.05, 0) is 49.3 Å². The van der Waals surface area contributed by atoms with Gasteiger partial charge in [0.15, 0.2) is 0 Å². The average molecular weight is 289 g/mol. The first-order valence-electron chi connectivity index (χ1n) is 7.93. The minimum atomic E-state index is -0.712. The SMILES string of the molecule is Cc1ccc(CC(=O)NCC2(O)CCCC(C)C2)cc1C. The van der Waals surface area contributed by atoms with Crippen LogP contribution in [-0.4, -0.2) is 23.2 Å². The van der Waals surface area contributed by atoms with Crippen LogP contribution in [-0.2, 0) is 11.2 Å². The van der Waals surface area contributed by atoms with Crippen molar-refractivity contribution < 1.29 is 9.90 Å². The highest BCUT2D eigenvalue weighted by atomic mass is 16.3. The Kier molecular flexibility index (Phi) is 5.04. The van der Waals surface area contributed by atoms with Crippen molar-refractivity contribution in [2.75, 3.05) is 6.54 Å². The third-order valence-corrected chi connectivity index (χ3v) is 4.62. The van der Waals surface area contributed by atoms with E-state index in [1.807, 2.05) is 12.1 Å². The van der Waals surface area contributed by atoms with E-state index in [0.29, 0.717) is 18.9 Å². The highest BCUT2D eigenvalue weighted by Gasteiger charge is 2.32. The van der Waals surface area contributed by atoms with Gasteiger partial charge in [0.1, 0.15) is 0 Å². The number of amides is 1. The van der Waals surface area contributed by atoms with Crippen molar-refractivity contribution >= 4 is 5.91 Å². The maximum absolute atomic E-state index is 12.1. The van der Waals surface area contributed by atoms with Gasteiger partial charge in [-0.15, -0.1) is 0 Å². The Hall–Kier alpha value is -1.35. The number of carbonyl (C=O) groups is 1. The van der Waals surface area contributed by atoms with Crippen molar-refractivity contribution in [2.45, 2.75) is 58.5 Å². The topological polar surface area (TPSA) is 49.3 Å². The normalized spacial score (nSPS) is 25.6. The van der Waals surface area contributed by atoms with E-state index in [-0.39, 0.29) is 5.91 Å². The zero-order valence-electron chi connectivity index (χ0n) is 13.4. The molecule has 116 valence electrons. The molecule has 2 rings (SSSR count). The summed E-state index contributed by atoms with van der Waals surface area (Å²) in [5, 5.41) is 13.4. The molecule has 1 saturated carbocycles. The van der Waals surface area contributed by atoms with E-state index >= 15 is 0 Å². The quantitative estimate of drug-likeness (QED) is 0.895. The lowest BCUT2D eigenvalue weighted by Crippen LogP contribution is -2.46. The van der Waals surface area contributed by atoms with E-state index in [2.05, 4.69) is 32.2 Å². The third kappa shape index (κ3) is 4.57. The van der Waals surface area contributed by atoms with E-state index in [1.54, 1.807) is 0 Å². The first-order valence-corrected chi connectivity index (χ1v) is 7.93. The molecule has 2 atom stereocenters. The first-order chi connectivity index (χ1) is 9.88. The molecule has 2 N–H and O–H groups in total.